The molecule has 2 heterocycles. The highest BCUT2D eigenvalue weighted by Crippen LogP contribution is 2.51. The Morgan fingerprint density at radius 3 is 2.60 bits per heavy atom. The van der Waals surface area contributed by atoms with Gasteiger partial charge >= 0.3 is 5.63 Å². The quantitative estimate of drug-likeness (QED) is 0.265. The molecule has 0 radical (unpaired) electrons. The van der Waals surface area contributed by atoms with Crippen molar-refractivity contribution < 1.29 is 38.8 Å². The molecule has 1 aliphatic heterocycles. The fourth-order valence-electron chi connectivity index (χ4n) is 6.97. The number of fused-ring (bicyclic) bond motifs is 4. The fraction of sp³-hybridized carbons (Fsp3) is 0.441. The zero-order valence-corrected chi connectivity index (χ0v) is 25.1. The summed E-state index contributed by atoms with van der Waals surface area (Å²) < 4.78 is 17.4. The van der Waals surface area contributed by atoms with Crippen molar-refractivity contribution in [1.29, 1.82) is 0 Å². The first-order valence-electron chi connectivity index (χ1n) is 15.5. The lowest BCUT2D eigenvalue weighted by molar-refractivity contribution is -0.118. The molecule has 0 saturated heterocycles. The molecule has 0 spiro atoms. The molecule has 2 aliphatic carbocycles. The number of ether oxygens (including phenoxy) is 2. The van der Waals surface area contributed by atoms with E-state index in [1.165, 1.54) is 18.1 Å². The summed E-state index contributed by atoms with van der Waals surface area (Å²) in [5, 5.41) is 34.6. The van der Waals surface area contributed by atoms with Crippen LogP contribution in [0.2, 0.25) is 0 Å². The summed E-state index contributed by atoms with van der Waals surface area (Å²) in [5.74, 6) is -1.03. The van der Waals surface area contributed by atoms with Crippen LogP contribution in [0.25, 0.3) is 11.0 Å². The van der Waals surface area contributed by atoms with Crippen LogP contribution < -0.4 is 20.4 Å². The second kappa shape index (κ2) is 13.0. The molecule has 1 aromatic heterocycles. The number of nitrogens with one attached hydrogen (secondary N) is 1. The topological polar surface area (TPSA) is 159 Å². The van der Waals surface area contributed by atoms with Crippen molar-refractivity contribution in [2.24, 2.45) is 5.92 Å². The Morgan fingerprint density at radius 2 is 1.87 bits per heavy atom. The molecule has 3 aliphatic rings. The number of aliphatic hydroxyl groups excluding tert-OH is 3. The van der Waals surface area contributed by atoms with Crippen LogP contribution in [0.3, 0.4) is 0 Å². The van der Waals surface area contributed by atoms with E-state index < -0.39 is 41.6 Å². The van der Waals surface area contributed by atoms with Crippen LogP contribution in [-0.4, -0.2) is 77.1 Å². The van der Waals surface area contributed by atoms with Crippen LogP contribution in [0.15, 0.2) is 63.3 Å². The largest absolute Gasteiger partial charge is 0.493 e. The van der Waals surface area contributed by atoms with Gasteiger partial charge in [0.25, 0.3) is 5.91 Å². The van der Waals surface area contributed by atoms with Crippen molar-refractivity contribution in [2.75, 3.05) is 26.8 Å². The van der Waals surface area contributed by atoms with Crippen LogP contribution >= 0.6 is 0 Å². The summed E-state index contributed by atoms with van der Waals surface area (Å²) in [7, 11) is 1.46. The molecule has 4 unspecified atom stereocenters. The van der Waals surface area contributed by atoms with Gasteiger partial charge in [-0.1, -0.05) is 37.5 Å². The average molecular weight is 619 g/mol. The maximum absolute atomic E-state index is 14.4. The molecule has 4 atom stereocenters. The standard InChI is InChI=1S/C34H38N2O9/c1-43-27-14-20(18-38)13-22-28-23(32(40)35-11-12-37)16-25(29(39)31(28)45-30(22)27)36(17-19-7-3-2-4-8-19)33(41)24-15-21-9-5-6-10-26(21)44-34(24)42/h5-6,9-10,13-16,19,25,28-29,31,37-39H,2-4,7-8,11-12,17-18H2,1H3,(H,35,40). The highest BCUT2D eigenvalue weighted by Gasteiger charge is 2.52. The zero-order valence-electron chi connectivity index (χ0n) is 25.1. The van der Waals surface area contributed by atoms with Gasteiger partial charge in [-0.2, -0.15) is 0 Å². The van der Waals surface area contributed by atoms with E-state index in [0.29, 0.717) is 33.6 Å². The van der Waals surface area contributed by atoms with Gasteiger partial charge in [-0.25, -0.2) is 4.79 Å². The SMILES string of the molecule is COc1cc(CO)cc2c1OC1C2C(C(=O)NCCO)=CC(N(CC2CCCCC2)C(=O)c2cc3ccccc3oc2=O)C1O. The molecule has 4 N–H and O–H groups in total. The Morgan fingerprint density at radius 1 is 1.09 bits per heavy atom. The third-order valence-corrected chi connectivity index (χ3v) is 9.17. The fourth-order valence-corrected chi connectivity index (χ4v) is 6.97. The Bertz CT molecular complexity index is 1680. The van der Waals surface area contributed by atoms with E-state index in [4.69, 9.17) is 13.9 Å². The van der Waals surface area contributed by atoms with Crippen LogP contribution in [0.5, 0.6) is 11.5 Å². The number of amides is 2. The molecule has 11 nitrogen and oxygen atoms in total. The first kappa shape index (κ1) is 30.8. The van der Waals surface area contributed by atoms with Crippen LogP contribution in [0.1, 0.15) is 59.5 Å². The summed E-state index contributed by atoms with van der Waals surface area (Å²) in [4.78, 5) is 42.7. The Kier molecular flexibility index (Phi) is 8.93. The van der Waals surface area contributed by atoms with Gasteiger partial charge in [0.05, 0.1) is 32.3 Å². The number of hydrogen-bond donors (Lipinski definition) is 4. The highest BCUT2D eigenvalue weighted by molar-refractivity contribution is 5.98. The number of hydrogen-bond acceptors (Lipinski definition) is 9. The van der Waals surface area contributed by atoms with Gasteiger partial charge in [0.15, 0.2) is 11.5 Å². The van der Waals surface area contributed by atoms with E-state index >= 15 is 0 Å². The maximum atomic E-state index is 14.4. The van der Waals surface area contributed by atoms with Crippen LogP contribution in [0, 0.1) is 5.92 Å². The molecular formula is C34H38N2O9. The molecular weight excluding hydrogens is 580 g/mol. The summed E-state index contributed by atoms with van der Waals surface area (Å²) in [6, 6.07) is 10.8. The minimum Gasteiger partial charge on any atom is -0.493 e. The number of benzene rings is 2. The van der Waals surface area contributed by atoms with Crippen LogP contribution in [-0.2, 0) is 11.4 Å². The first-order valence-corrected chi connectivity index (χ1v) is 15.5. The number of aliphatic hydroxyl groups is 3. The molecule has 2 aromatic carbocycles. The van der Waals surface area contributed by atoms with E-state index in [1.54, 1.807) is 42.5 Å². The second-order valence-electron chi connectivity index (χ2n) is 12.0. The molecule has 45 heavy (non-hydrogen) atoms. The van der Waals surface area contributed by atoms with Crippen molar-refractivity contribution >= 4 is 22.8 Å². The van der Waals surface area contributed by atoms with Gasteiger partial charge in [0.2, 0.25) is 5.91 Å². The van der Waals surface area contributed by atoms with Crippen LogP contribution in [0.4, 0.5) is 0 Å². The van der Waals surface area contributed by atoms with Gasteiger partial charge in [0.1, 0.15) is 23.4 Å². The second-order valence-corrected chi connectivity index (χ2v) is 12.0. The molecule has 0 bridgehead atoms. The smallest absolute Gasteiger partial charge is 0.349 e. The van der Waals surface area contributed by atoms with Crippen molar-refractivity contribution in [3.8, 4) is 11.5 Å². The number of para-hydroxylation sites is 1. The minimum absolute atomic E-state index is 0.00263. The number of methoxy groups -OCH3 is 1. The number of rotatable bonds is 9. The van der Waals surface area contributed by atoms with E-state index in [2.05, 4.69) is 5.32 Å². The molecule has 3 aromatic rings. The van der Waals surface area contributed by atoms with Crippen molar-refractivity contribution in [3.05, 3.63) is 81.2 Å². The third-order valence-electron chi connectivity index (χ3n) is 9.17. The molecule has 11 heteroatoms. The number of carbonyl (C=O) groups is 2. The van der Waals surface area contributed by atoms with Gasteiger partial charge in [-0.3, -0.25) is 9.59 Å². The van der Waals surface area contributed by atoms with Gasteiger partial charge in [-0.05, 0) is 54.7 Å². The summed E-state index contributed by atoms with van der Waals surface area (Å²) >= 11 is 0. The molecule has 1 saturated carbocycles. The zero-order chi connectivity index (χ0) is 31.7. The molecule has 2 amide bonds. The number of nitrogens with zero attached hydrogens (tertiary/aromatic N) is 1. The summed E-state index contributed by atoms with van der Waals surface area (Å²) in [6.07, 6.45) is 4.22. The molecule has 238 valence electrons. The van der Waals surface area contributed by atoms with Gasteiger partial charge < -0.3 is 39.4 Å². The Hall–Kier alpha value is -4.19. The van der Waals surface area contributed by atoms with E-state index in [-0.39, 0.29) is 43.4 Å². The Balaban J connectivity index is 1.46. The monoisotopic (exact) mass is 618 g/mol. The predicted octanol–water partition coefficient (Wildman–Crippen LogP) is 2.64. The van der Waals surface area contributed by atoms with Crippen molar-refractivity contribution in [3.63, 3.8) is 0 Å². The third kappa shape index (κ3) is 5.83. The lowest BCUT2D eigenvalue weighted by atomic mass is 9.76. The normalized spacial score (nSPS) is 22.6. The maximum Gasteiger partial charge on any atom is 0.349 e. The predicted molar refractivity (Wildman–Crippen MR) is 164 cm³/mol. The lowest BCUT2D eigenvalue weighted by Gasteiger charge is -2.42. The van der Waals surface area contributed by atoms with E-state index in [1.807, 2.05) is 0 Å². The van der Waals surface area contributed by atoms with Gasteiger partial charge in [0, 0.05) is 29.6 Å². The van der Waals surface area contributed by atoms with E-state index in [0.717, 1.165) is 32.1 Å². The van der Waals surface area contributed by atoms with Crippen molar-refractivity contribution in [2.45, 2.75) is 62.9 Å². The molecule has 1 fully saturated rings. The summed E-state index contributed by atoms with van der Waals surface area (Å²) in [6.45, 7) is -0.298. The number of carbonyl (C=O) groups excluding carboxylic acids is 2. The minimum atomic E-state index is -1.29. The molecule has 6 rings (SSSR count). The van der Waals surface area contributed by atoms with E-state index in [9.17, 15) is 29.7 Å². The summed E-state index contributed by atoms with van der Waals surface area (Å²) in [5.41, 5.74) is 0.751. The lowest BCUT2D eigenvalue weighted by Crippen LogP contribution is -2.57. The van der Waals surface area contributed by atoms with Crippen molar-refractivity contribution in [1.82, 2.24) is 10.2 Å². The highest BCUT2D eigenvalue weighted by atomic mass is 16.5. The van der Waals surface area contributed by atoms with Gasteiger partial charge in [-0.15, -0.1) is 0 Å². The Labute approximate surface area is 260 Å². The average Bonchev–Trinajstić information content (AvgIpc) is 3.46. The first-order chi connectivity index (χ1) is 21.8.